The van der Waals surface area contributed by atoms with Crippen LogP contribution in [0.3, 0.4) is 0 Å². The van der Waals surface area contributed by atoms with E-state index in [9.17, 15) is 9.90 Å². The molecular formula is C17H27N3O3. The minimum absolute atomic E-state index is 0.0251. The number of carbonyl (C=O) groups excluding carboxylic acids is 1. The third-order valence-corrected chi connectivity index (χ3v) is 5.07. The van der Waals surface area contributed by atoms with Crippen molar-refractivity contribution in [2.24, 2.45) is 5.92 Å². The first kappa shape index (κ1) is 16.5. The fraction of sp³-hybridized carbons (Fsp3) is 0.765. The maximum Gasteiger partial charge on any atom is 0.274 e. The number of rotatable bonds is 3. The average Bonchev–Trinajstić information content (AvgIpc) is 2.93. The van der Waals surface area contributed by atoms with Gasteiger partial charge in [0, 0.05) is 38.2 Å². The van der Waals surface area contributed by atoms with E-state index < -0.39 is 0 Å². The van der Waals surface area contributed by atoms with E-state index in [1.807, 2.05) is 30.4 Å². The number of aryl methyl sites for hydroxylation is 1. The van der Waals surface area contributed by atoms with E-state index in [4.69, 9.17) is 4.74 Å². The molecule has 1 aromatic heterocycles. The zero-order chi connectivity index (χ0) is 16.6. The van der Waals surface area contributed by atoms with Crippen molar-refractivity contribution in [1.82, 2.24) is 14.7 Å². The van der Waals surface area contributed by atoms with Gasteiger partial charge in [0.1, 0.15) is 0 Å². The lowest BCUT2D eigenvalue weighted by atomic mass is 9.96. The topological polar surface area (TPSA) is 67.6 Å². The highest BCUT2D eigenvalue weighted by Gasteiger charge is 2.34. The molecule has 128 valence electrons. The maximum atomic E-state index is 13.0. The molecule has 1 saturated heterocycles. The van der Waals surface area contributed by atoms with Gasteiger partial charge in [-0.05, 0) is 39.5 Å². The lowest BCUT2D eigenvalue weighted by molar-refractivity contribution is -0.00953. The van der Waals surface area contributed by atoms with E-state index in [-0.39, 0.29) is 24.7 Å². The van der Waals surface area contributed by atoms with Gasteiger partial charge in [0.05, 0.1) is 17.9 Å². The molecular weight excluding hydrogens is 294 g/mol. The van der Waals surface area contributed by atoms with Crippen LogP contribution < -0.4 is 0 Å². The van der Waals surface area contributed by atoms with E-state index in [2.05, 4.69) is 5.10 Å². The van der Waals surface area contributed by atoms with Crippen molar-refractivity contribution in [1.29, 1.82) is 0 Å². The van der Waals surface area contributed by atoms with Crippen LogP contribution in [-0.4, -0.2) is 51.5 Å². The fourth-order valence-electron chi connectivity index (χ4n) is 3.80. The van der Waals surface area contributed by atoms with Crippen molar-refractivity contribution in [3.8, 4) is 0 Å². The Bertz CT molecular complexity index is 576. The first-order valence-corrected chi connectivity index (χ1v) is 8.70. The molecule has 2 atom stereocenters. The second-order valence-electron chi connectivity index (χ2n) is 6.74. The molecule has 23 heavy (non-hydrogen) atoms. The summed E-state index contributed by atoms with van der Waals surface area (Å²) in [5.41, 5.74) is 2.72. The van der Waals surface area contributed by atoms with E-state index in [0.29, 0.717) is 24.7 Å². The molecule has 0 saturated carbocycles. The molecule has 6 heteroatoms. The SMILES string of the molecule is CCn1nc(C(=O)N2CCC(CO)CC2)c2c1[C@H](C)O[C@H](C)C2. The Morgan fingerprint density at radius 1 is 1.35 bits per heavy atom. The number of hydrogen-bond donors (Lipinski definition) is 1. The van der Waals surface area contributed by atoms with Crippen molar-refractivity contribution in [2.45, 2.75) is 58.8 Å². The molecule has 3 heterocycles. The van der Waals surface area contributed by atoms with Crippen LogP contribution in [0.1, 0.15) is 61.5 Å². The molecule has 0 aromatic carbocycles. The maximum absolute atomic E-state index is 13.0. The zero-order valence-electron chi connectivity index (χ0n) is 14.3. The molecule has 1 fully saturated rings. The summed E-state index contributed by atoms with van der Waals surface area (Å²) in [5, 5.41) is 13.9. The van der Waals surface area contributed by atoms with Crippen LogP contribution >= 0.6 is 0 Å². The monoisotopic (exact) mass is 321 g/mol. The Balaban J connectivity index is 1.87. The van der Waals surface area contributed by atoms with Crippen molar-refractivity contribution in [2.75, 3.05) is 19.7 Å². The molecule has 2 aliphatic heterocycles. The minimum atomic E-state index is -0.0251. The molecule has 1 aromatic rings. The van der Waals surface area contributed by atoms with Crippen molar-refractivity contribution in [3.63, 3.8) is 0 Å². The van der Waals surface area contributed by atoms with Crippen LogP contribution in [0.2, 0.25) is 0 Å². The summed E-state index contributed by atoms with van der Waals surface area (Å²) in [4.78, 5) is 14.8. The van der Waals surface area contributed by atoms with E-state index in [1.165, 1.54) is 0 Å². The Morgan fingerprint density at radius 2 is 2.04 bits per heavy atom. The van der Waals surface area contributed by atoms with Crippen LogP contribution in [0, 0.1) is 5.92 Å². The molecule has 0 aliphatic carbocycles. The zero-order valence-corrected chi connectivity index (χ0v) is 14.3. The van der Waals surface area contributed by atoms with Gasteiger partial charge >= 0.3 is 0 Å². The lowest BCUT2D eigenvalue weighted by Gasteiger charge is -2.31. The van der Waals surface area contributed by atoms with Crippen LogP contribution in [-0.2, 0) is 17.7 Å². The number of nitrogens with zero attached hydrogens (tertiary/aromatic N) is 3. The smallest absolute Gasteiger partial charge is 0.274 e. The Kier molecular flexibility index (Phi) is 4.73. The highest BCUT2D eigenvalue weighted by atomic mass is 16.5. The van der Waals surface area contributed by atoms with Gasteiger partial charge in [0.25, 0.3) is 5.91 Å². The molecule has 3 rings (SSSR count). The Hall–Kier alpha value is -1.40. The largest absolute Gasteiger partial charge is 0.396 e. The predicted octanol–water partition coefficient (Wildman–Crippen LogP) is 1.77. The van der Waals surface area contributed by atoms with E-state index in [1.54, 1.807) is 0 Å². The van der Waals surface area contributed by atoms with Crippen LogP contribution in [0.15, 0.2) is 0 Å². The first-order valence-electron chi connectivity index (χ1n) is 8.70. The molecule has 2 aliphatic rings. The number of ether oxygens (including phenoxy) is 1. The number of hydrogen-bond acceptors (Lipinski definition) is 4. The van der Waals surface area contributed by atoms with Gasteiger partial charge in [-0.15, -0.1) is 0 Å². The second kappa shape index (κ2) is 6.61. The van der Waals surface area contributed by atoms with Crippen LogP contribution in [0.5, 0.6) is 0 Å². The fourth-order valence-corrected chi connectivity index (χ4v) is 3.80. The first-order chi connectivity index (χ1) is 11.0. The third kappa shape index (κ3) is 3.02. The highest BCUT2D eigenvalue weighted by Crippen LogP contribution is 2.33. The molecule has 6 nitrogen and oxygen atoms in total. The Morgan fingerprint density at radius 3 is 2.65 bits per heavy atom. The van der Waals surface area contributed by atoms with Crippen LogP contribution in [0.25, 0.3) is 0 Å². The summed E-state index contributed by atoms with van der Waals surface area (Å²) in [6, 6.07) is 0. The van der Waals surface area contributed by atoms with Gasteiger partial charge in [-0.2, -0.15) is 5.10 Å². The van der Waals surface area contributed by atoms with Crippen molar-refractivity contribution < 1.29 is 14.6 Å². The van der Waals surface area contributed by atoms with Gasteiger partial charge in [-0.1, -0.05) is 0 Å². The Labute approximate surface area is 137 Å². The quantitative estimate of drug-likeness (QED) is 0.921. The van der Waals surface area contributed by atoms with Gasteiger partial charge in [-0.25, -0.2) is 0 Å². The summed E-state index contributed by atoms with van der Waals surface area (Å²) in [7, 11) is 0. The summed E-state index contributed by atoms with van der Waals surface area (Å²) in [6.45, 7) is 8.49. The number of aromatic nitrogens is 2. The van der Waals surface area contributed by atoms with Gasteiger partial charge < -0.3 is 14.7 Å². The number of fused-ring (bicyclic) bond motifs is 1. The van der Waals surface area contributed by atoms with E-state index >= 15 is 0 Å². The van der Waals surface area contributed by atoms with Crippen molar-refractivity contribution >= 4 is 5.91 Å². The molecule has 0 spiro atoms. The number of piperidine rings is 1. The summed E-state index contributed by atoms with van der Waals surface area (Å²) < 4.78 is 7.83. The van der Waals surface area contributed by atoms with E-state index in [0.717, 1.165) is 37.1 Å². The summed E-state index contributed by atoms with van der Waals surface area (Å²) >= 11 is 0. The highest BCUT2D eigenvalue weighted by molar-refractivity contribution is 5.94. The summed E-state index contributed by atoms with van der Waals surface area (Å²) in [6.07, 6.45) is 2.57. The molecule has 0 bridgehead atoms. The average molecular weight is 321 g/mol. The predicted molar refractivity (Wildman–Crippen MR) is 86.3 cm³/mol. The molecule has 0 unspecified atom stereocenters. The normalized spacial score (nSPS) is 25.5. The standard InChI is InChI=1S/C17H27N3O3/c1-4-20-16-12(3)23-11(2)9-14(16)15(18-20)17(22)19-7-5-13(10-21)6-8-19/h11-13,21H,4-10H2,1-3H3/t11-,12+/m1/s1. The molecule has 1 amide bonds. The molecule has 0 radical (unpaired) electrons. The second-order valence-corrected chi connectivity index (χ2v) is 6.74. The van der Waals surface area contributed by atoms with Gasteiger partial charge in [-0.3, -0.25) is 9.48 Å². The number of aliphatic hydroxyl groups excluding tert-OH is 1. The number of carbonyl (C=O) groups is 1. The minimum Gasteiger partial charge on any atom is -0.396 e. The van der Waals surface area contributed by atoms with Crippen molar-refractivity contribution in [3.05, 3.63) is 17.0 Å². The number of likely N-dealkylation sites (tertiary alicyclic amines) is 1. The number of aliphatic hydroxyl groups is 1. The summed E-state index contributed by atoms with van der Waals surface area (Å²) in [5.74, 6) is 0.362. The number of amides is 1. The van der Waals surface area contributed by atoms with Gasteiger partial charge in [0.2, 0.25) is 0 Å². The van der Waals surface area contributed by atoms with Gasteiger partial charge in [0.15, 0.2) is 5.69 Å². The third-order valence-electron chi connectivity index (χ3n) is 5.07. The van der Waals surface area contributed by atoms with Crippen LogP contribution in [0.4, 0.5) is 0 Å². The lowest BCUT2D eigenvalue weighted by Crippen LogP contribution is -2.40. The molecule has 1 N–H and O–H groups in total.